The molecule has 0 amide bonds. The number of hydrogen-bond acceptors (Lipinski definition) is 5. The first-order valence-corrected chi connectivity index (χ1v) is 6.64. The maximum atomic E-state index is 5.74. The van der Waals surface area contributed by atoms with Gasteiger partial charge in [0, 0.05) is 5.69 Å². The minimum Gasteiger partial charge on any atom is -0.490 e. The van der Waals surface area contributed by atoms with E-state index in [1.807, 2.05) is 36.4 Å². The van der Waals surface area contributed by atoms with E-state index in [-0.39, 0.29) is 0 Å². The van der Waals surface area contributed by atoms with Crippen molar-refractivity contribution in [1.82, 2.24) is 9.97 Å². The Morgan fingerprint density at radius 1 is 0.905 bits per heavy atom. The average Bonchev–Trinajstić information content (AvgIpc) is 2.52. The fraction of sp³-hybridized carbons (Fsp3) is 0.125. The lowest BCUT2D eigenvalue weighted by Gasteiger charge is -2.09. The Balaban J connectivity index is 1.63. The van der Waals surface area contributed by atoms with E-state index in [2.05, 4.69) is 9.97 Å². The number of benzene rings is 2. The van der Waals surface area contributed by atoms with Crippen LogP contribution in [0.4, 0.5) is 5.69 Å². The molecule has 21 heavy (non-hydrogen) atoms. The zero-order chi connectivity index (χ0) is 14.5. The van der Waals surface area contributed by atoms with E-state index in [1.54, 1.807) is 12.1 Å². The van der Waals surface area contributed by atoms with Crippen molar-refractivity contribution in [1.29, 1.82) is 0 Å². The van der Waals surface area contributed by atoms with Crippen LogP contribution in [0.15, 0.2) is 54.9 Å². The Morgan fingerprint density at radius 2 is 1.71 bits per heavy atom. The highest BCUT2D eigenvalue weighted by Crippen LogP contribution is 2.22. The molecular weight excluding hydrogens is 266 g/mol. The van der Waals surface area contributed by atoms with Gasteiger partial charge >= 0.3 is 0 Å². The van der Waals surface area contributed by atoms with Crippen molar-refractivity contribution in [3.63, 3.8) is 0 Å². The molecule has 0 bridgehead atoms. The van der Waals surface area contributed by atoms with Crippen LogP contribution >= 0.6 is 0 Å². The molecule has 3 aromatic rings. The van der Waals surface area contributed by atoms with Gasteiger partial charge in [-0.2, -0.15) is 0 Å². The number of hydrogen-bond donors (Lipinski definition) is 1. The summed E-state index contributed by atoms with van der Waals surface area (Å²) in [6.45, 7) is 0.857. The van der Waals surface area contributed by atoms with Crippen LogP contribution in [-0.4, -0.2) is 23.2 Å². The highest BCUT2D eigenvalue weighted by Gasteiger charge is 2.05. The smallest absolute Gasteiger partial charge is 0.224 e. The van der Waals surface area contributed by atoms with Gasteiger partial charge in [-0.15, -0.1) is 0 Å². The zero-order valence-corrected chi connectivity index (χ0v) is 11.4. The van der Waals surface area contributed by atoms with Gasteiger partial charge in [-0.3, -0.25) is 0 Å². The maximum Gasteiger partial charge on any atom is 0.224 e. The van der Waals surface area contributed by atoms with Crippen molar-refractivity contribution in [3.05, 3.63) is 54.9 Å². The van der Waals surface area contributed by atoms with E-state index in [9.17, 15) is 0 Å². The van der Waals surface area contributed by atoms with Crippen LogP contribution in [0.1, 0.15) is 0 Å². The molecule has 0 saturated carbocycles. The van der Waals surface area contributed by atoms with Crippen LogP contribution in [0.3, 0.4) is 0 Å². The van der Waals surface area contributed by atoms with Gasteiger partial charge in [0.05, 0.1) is 10.9 Å². The van der Waals surface area contributed by atoms with Gasteiger partial charge in [0.2, 0.25) is 5.88 Å². The molecule has 0 aliphatic carbocycles. The Labute approximate surface area is 122 Å². The molecule has 0 saturated heterocycles. The Hall–Kier alpha value is -2.82. The quantitative estimate of drug-likeness (QED) is 0.575. The molecular formula is C16H15N3O2. The van der Waals surface area contributed by atoms with Crippen molar-refractivity contribution in [2.24, 2.45) is 0 Å². The second-order valence-electron chi connectivity index (χ2n) is 4.47. The third kappa shape index (κ3) is 3.20. The number of nitrogens with two attached hydrogens (primary N) is 1. The number of nitrogens with zero attached hydrogens (tertiary/aromatic N) is 2. The predicted molar refractivity (Wildman–Crippen MR) is 81.4 cm³/mol. The number of nitrogen functional groups attached to an aromatic ring is 1. The van der Waals surface area contributed by atoms with Gasteiger partial charge in [-0.05, 0) is 30.3 Å². The SMILES string of the molecule is Nc1ccc2c(OCCOc3ccccc3)ncnc2c1. The molecule has 1 aromatic heterocycles. The number of fused-ring (bicyclic) bond motifs is 1. The summed E-state index contributed by atoms with van der Waals surface area (Å²) in [5, 5.41) is 0.839. The molecule has 0 aliphatic heterocycles. The summed E-state index contributed by atoms with van der Waals surface area (Å²) >= 11 is 0. The zero-order valence-electron chi connectivity index (χ0n) is 11.4. The molecule has 0 radical (unpaired) electrons. The summed E-state index contributed by atoms with van der Waals surface area (Å²) in [4.78, 5) is 8.33. The summed E-state index contributed by atoms with van der Waals surface area (Å²) in [5.74, 6) is 1.36. The van der Waals surface area contributed by atoms with Crippen LogP contribution in [0.2, 0.25) is 0 Å². The normalized spacial score (nSPS) is 10.5. The standard InChI is InChI=1S/C16H15N3O2/c17-12-6-7-14-15(10-12)18-11-19-16(14)21-9-8-20-13-4-2-1-3-5-13/h1-7,10-11H,8-9,17H2. The summed E-state index contributed by atoms with van der Waals surface area (Å²) in [6, 6.07) is 15.1. The van der Waals surface area contributed by atoms with Crippen molar-refractivity contribution in [2.45, 2.75) is 0 Å². The fourth-order valence-electron chi connectivity index (χ4n) is 1.98. The van der Waals surface area contributed by atoms with Crippen molar-refractivity contribution in [2.75, 3.05) is 18.9 Å². The first-order valence-electron chi connectivity index (χ1n) is 6.64. The van der Waals surface area contributed by atoms with Crippen LogP contribution < -0.4 is 15.2 Å². The molecule has 1 heterocycles. The number of para-hydroxylation sites is 1. The van der Waals surface area contributed by atoms with Crippen molar-refractivity contribution < 1.29 is 9.47 Å². The number of rotatable bonds is 5. The topological polar surface area (TPSA) is 70.3 Å². The largest absolute Gasteiger partial charge is 0.490 e. The molecule has 106 valence electrons. The molecule has 2 aromatic carbocycles. The summed E-state index contributed by atoms with van der Waals surface area (Å²) in [7, 11) is 0. The van der Waals surface area contributed by atoms with Gasteiger partial charge in [0.25, 0.3) is 0 Å². The maximum absolute atomic E-state index is 5.74. The van der Waals surface area contributed by atoms with E-state index in [0.717, 1.165) is 16.7 Å². The molecule has 0 fully saturated rings. The minimum atomic E-state index is 0.408. The van der Waals surface area contributed by atoms with Crippen molar-refractivity contribution in [3.8, 4) is 11.6 Å². The lowest BCUT2D eigenvalue weighted by Crippen LogP contribution is -2.10. The van der Waals surface area contributed by atoms with Gasteiger partial charge in [-0.25, -0.2) is 9.97 Å². The van der Waals surface area contributed by atoms with E-state index < -0.39 is 0 Å². The van der Waals surface area contributed by atoms with Crippen molar-refractivity contribution >= 4 is 16.6 Å². The summed E-state index contributed by atoms with van der Waals surface area (Å²) < 4.78 is 11.2. The van der Waals surface area contributed by atoms with Crippen LogP contribution in [0.5, 0.6) is 11.6 Å². The second-order valence-corrected chi connectivity index (χ2v) is 4.47. The number of anilines is 1. The monoisotopic (exact) mass is 281 g/mol. The number of ether oxygens (including phenoxy) is 2. The van der Waals surface area contributed by atoms with Gasteiger partial charge in [0.15, 0.2) is 0 Å². The minimum absolute atomic E-state index is 0.408. The summed E-state index contributed by atoms with van der Waals surface area (Å²) in [6.07, 6.45) is 1.47. The molecule has 3 rings (SSSR count). The Morgan fingerprint density at radius 3 is 2.57 bits per heavy atom. The van der Waals surface area contributed by atoms with Crippen LogP contribution in [0.25, 0.3) is 10.9 Å². The number of aromatic nitrogens is 2. The molecule has 5 nitrogen and oxygen atoms in total. The molecule has 5 heteroatoms. The van der Waals surface area contributed by atoms with Gasteiger partial charge < -0.3 is 15.2 Å². The third-order valence-corrected chi connectivity index (χ3v) is 2.96. The van der Waals surface area contributed by atoms with E-state index in [1.165, 1.54) is 6.33 Å². The first-order chi connectivity index (χ1) is 10.3. The van der Waals surface area contributed by atoms with E-state index in [4.69, 9.17) is 15.2 Å². The highest BCUT2D eigenvalue weighted by molar-refractivity contribution is 5.85. The molecule has 0 aliphatic rings. The lowest BCUT2D eigenvalue weighted by atomic mass is 10.2. The molecule has 0 spiro atoms. The fourth-order valence-corrected chi connectivity index (χ4v) is 1.98. The summed E-state index contributed by atoms with van der Waals surface area (Å²) in [5.41, 5.74) is 7.17. The van der Waals surface area contributed by atoms with Crippen LogP contribution in [-0.2, 0) is 0 Å². The molecule has 2 N–H and O–H groups in total. The van der Waals surface area contributed by atoms with Gasteiger partial charge in [0.1, 0.15) is 25.3 Å². The molecule has 0 atom stereocenters. The Bertz CT molecular complexity index is 732. The second kappa shape index (κ2) is 6.09. The predicted octanol–water partition coefficient (Wildman–Crippen LogP) is 2.67. The molecule has 0 unspecified atom stereocenters. The lowest BCUT2D eigenvalue weighted by molar-refractivity contribution is 0.213. The average molecular weight is 281 g/mol. The Kier molecular flexibility index (Phi) is 3.82. The van der Waals surface area contributed by atoms with Crippen LogP contribution in [0, 0.1) is 0 Å². The van der Waals surface area contributed by atoms with E-state index >= 15 is 0 Å². The third-order valence-electron chi connectivity index (χ3n) is 2.96. The first kappa shape index (κ1) is 13.2. The highest BCUT2D eigenvalue weighted by atomic mass is 16.5. The van der Waals surface area contributed by atoms with E-state index in [0.29, 0.717) is 24.8 Å². The van der Waals surface area contributed by atoms with Gasteiger partial charge in [-0.1, -0.05) is 18.2 Å².